The Morgan fingerprint density at radius 3 is 2.21 bits per heavy atom. The van der Waals surface area contributed by atoms with Crippen molar-refractivity contribution in [2.24, 2.45) is 0 Å². The van der Waals surface area contributed by atoms with Gasteiger partial charge in [0.15, 0.2) is 11.5 Å². The van der Waals surface area contributed by atoms with E-state index in [4.69, 9.17) is 11.6 Å². The second-order valence-corrected chi connectivity index (χ2v) is 6.33. The molecule has 0 spiro atoms. The highest BCUT2D eigenvalue weighted by Crippen LogP contribution is 2.35. The van der Waals surface area contributed by atoms with E-state index in [1.54, 1.807) is 12.1 Å². The third-order valence-electron chi connectivity index (χ3n) is 2.69. The smallest absolute Gasteiger partial charge is 0.208 e. The van der Waals surface area contributed by atoms with Crippen molar-refractivity contribution in [2.75, 3.05) is 0 Å². The Bertz CT molecular complexity index is 738. The van der Waals surface area contributed by atoms with Crippen LogP contribution in [0.15, 0.2) is 46.2 Å². The second kappa shape index (κ2) is 4.75. The van der Waals surface area contributed by atoms with E-state index in [0.29, 0.717) is 5.56 Å². The SMILES string of the molecule is Cc1cc(O)c(O)cc1S(=O)(=O)c1ccccc1Cl. The topological polar surface area (TPSA) is 74.6 Å². The molecule has 4 nitrogen and oxygen atoms in total. The van der Waals surface area contributed by atoms with Crippen LogP contribution in [0.25, 0.3) is 0 Å². The summed E-state index contributed by atoms with van der Waals surface area (Å²) >= 11 is 5.89. The monoisotopic (exact) mass is 298 g/mol. The molecule has 0 atom stereocenters. The minimum Gasteiger partial charge on any atom is -0.504 e. The molecular formula is C13H11ClO4S. The Morgan fingerprint density at radius 2 is 1.58 bits per heavy atom. The van der Waals surface area contributed by atoms with Gasteiger partial charge in [0.05, 0.1) is 14.8 Å². The van der Waals surface area contributed by atoms with Gasteiger partial charge in [-0.15, -0.1) is 0 Å². The molecule has 6 heteroatoms. The van der Waals surface area contributed by atoms with Crippen molar-refractivity contribution in [3.05, 3.63) is 47.0 Å². The van der Waals surface area contributed by atoms with E-state index in [2.05, 4.69) is 0 Å². The molecule has 0 aliphatic rings. The highest BCUT2D eigenvalue weighted by atomic mass is 35.5. The summed E-state index contributed by atoms with van der Waals surface area (Å²) in [5.41, 5.74) is 0.329. The number of halogens is 1. The average Bonchev–Trinajstić information content (AvgIpc) is 2.34. The number of sulfone groups is 1. The third-order valence-corrected chi connectivity index (χ3v) is 5.08. The summed E-state index contributed by atoms with van der Waals surface area (Å²) < 4.78 is 24.9. The fourth-order valence-corrected chi connectivity index (χ4v) is 3.74. The lowest BCUT2D eigenvalue weighted by Gasteiger charge is -2.10. The van der Waals surface area contributed by atoms with Gasteiger partial charge in [-0.05, 0) is 30.7 Å². The summed E-state index contributed by atoms with van der Waals surface area (Å²) in [6.45, 7) is 1.53. The number of phenols is 2. The molecule has 0 saturated heterocycles. The largest absolute Gasteiger partial charge is 0.504 e. The van der Waals surface area contributed by atoms with E-state index in [-0.39, 0.29) is 20.6 Å². The van der Waals surface area contributed by atoms with Gasteiger partial charge in [-0.1, -0.05) is 23.7 Å². The predicted octanol–water partition coefficient (Wildman–Crippen LogP) is 2.89. The Balaban J connectivity index is 2.71. The molecular weight excluding hydrogens is 288 g/mol. The van der Waals surface area contributed by atoms with E-state index in [9.17, 15) is 18.6 Å². The van der Waals surface area contributed by atoms with Gasteiger partial charge < -0.3 is 10.2 Å². The zero-order valence-corrected chi connectivity index (χ0v) is 11.5. The van der Waals surface area contributed by atoms with E-state index in [1.165, 1.54) is 25.1 Å². The molecule has 0 unspecified atom stereocenters. The minimum absolute atomic E-state index is 0.0372. The number of phenolic OH excluding ortho intramolecular Hbond substituents is 2. The first-order valence-electron chi connectivity index (χ1n) is 5.36. The number of aromatic hydroxyl groups is 2. The van der Waals surface area contributed by atoms with E-state index in [1.807, 2.05) is 0 Å². The number of hydrogen-bond donors (Lipinski definition) is 2. The third kappa shape index (κ3) is 2.39. The first-order chi connectivity index (χ1) is 8.84. The fraction of sp³-hybridized carbons (Fsp3) is 0.0769. The molecule has 0 radical (unpaired) electrons. The number of rotatable bonds is 2. The van der Waals surface area contributed by atoms with Crippen LogP contribution < -0.4 is 0 Å². The van der Waals surface area contributed by atoms with Crippen molar-refractivity contribution < 1.29 is 18.6 Å². The molecule has 0 amide bonds. The maximum absolute atomic E-state index is 12.5. The molecule has 0 bridgehead atoms. The van der Waals surface area contributed by atoms with Gasteiger partial charge in [-0.3, -0.25) is 0 Å². The van der Waals surface area contributed by atoms with Crippen molar-refractivity contribution in [2.45, 2.75) is 16.7 Å². The van der Waals surface area contributed by atoms with Crippen molar-refractivity contribution >= 4 is 21.4 Å². The first kappa shape index (κ1) is 13.7. The van der Waals surface area contributed by atoms with Gasteiger partial charge >= 0.3 is 0 Å². The summed E-state index contributed by atoms with van der Waals surface area (Å²) in [7, 11) is -3.84. The number of aryl methyl sites for hydroxylation is 1. The molecule has 2 N–H and O–H groups in total. The predicted molar refractivity (Wildman–Crippen MR) is 71.4 cm³/mol. The van der Waals surface area contributed by atoms with Crippen molar-refractivity contribution in [3.63, 3.8) is 0 Å². The highest BCUT2D eigenvalue weighted by Gasteiger charge is 2.23. The molecule has 0 fully saturated rings. The zero-order valence-electron chi connectivity index (χ0n) is 9.96. The Hall–Kier alpha value is -1.72. The minimum atomic E-state index is -3.84. The van der Waals surface area contributed by atoms with Crippen LogP contribution in [-0.4, -0.2) is 18.6 Å². The van der Waals surface area contributed by atoms with Crippen molar-refractivity contribution in [1.29, 1.82) is 0 Å². The summed E-state index contributed by atoms with van der Waals surface area (Å²) in [5.74, 6) is -0.855. The first-order valence-corrected chi connectivity index (χ1v) is 7.22. The molecule has 19 heavy (non-hydrogen) atoms. The van der Waals surface area contributed by atoms with Gasteiger partial charge in [0, 0.05) is 6.07 Å². The normalized spacial score (nSPS) is 11.5. The Morgan fingerprint density at radius 1 is 1.00 bits per heavy atom. The Kier molecular flexibility index (Phi) is 3.43. The lowest BCUT2D eigenvalue weighted by Crippen LogP contribution is -2.04. The maximum atomic E-state index is 12.5. The standard InChI is InChI=1S/C13H11ClO4S/c1-8-6-10(15)11(16)7-13(8)19(17,18)12-5-3-2-4-9(12)14/h2-7,15-16H,1H3. The molecule has 100 valence electrons. The van der Waals surface area contributed by atoms with Gasteiger partial charge in [0.2, 0.25) is 9.84 Å². The summed E-state index contributed by atoms with van der Waals surface area (Å²) in [6, 6.07) is 8.27. The molecule has 2 aromatic rings. The van der Waals surface area contributed by atoms with E-state index >= 15 is 0 Å². The molecule has 0 aliphatic carbocycles. The zero-order chi connectivity index (χ0) is 14.2. The summed E-state index contributed by atoms with van der Waals surface area (Å²) in [4.78, 5) is -0.124. The van der Waals surface area contributed by atoms with Crippen molar-refractivity contribution in [1.82, 2.24) is 0 Å². The van der Waals surface area contributed by atoms with Crippen LogP contribution in [0.1, 0.15) is 5.56 Å². The lowest BCUT2D eigenvalue weighted by molar-refractivity contribution is 0.401. The van der Waals surface area contributed by atoms with Crippen LogP contribution in [0.5, 0.6) is 11.5 Å². The van der Waals surface area contributed by atoms with Crippen LogP contribution in [0.2, 0.25) is 5.02 Å². The molecule has 2 aromatic carbocycles. The van der Waals surface area contributed by atoms with Gasteiger partial charge in [0.25, 0.3) is 0 Å². The molecule has 2 rings (SSSR count). The van der Waals surface area contributed by atoms with Gasteiger partial charge in [-0.2, -0.15) is 0 Å². The van der Waals surface area contributed by atoms with E-state index < -0.39 is 15.6 Å². The van der Waals surface area contributed by atoms with Crippen LogP contribution in [-0.2, 0) is 9.84 Å². The van der Waals surface area contributed by atoms with Crippen LogP contribution >= 0.6 is 11.6 Å². The van der Waals surface area contributed by atoms with Crippen LogP contribution in [0.3, 0.4) is 0 Å². The number of hydrogen-bond acceptors (Lipinski definition) is 4. The van der Waals surface area contributed by atoms with Gasteiger partial charge in [0.1, 0.15) is 0 Å². The quantitative estimate of drug-likeness (QED) is 0.836. The van der Waals surface area contributed by atoms with Crippen LogP contribution in [0.4, 0.5) is 0 Å². The summed E-state index contributed by atoms with van der Waals surface area (Å²) in [6.07, 6.45) is 0. The van der Waals surface area contributed by atoms with Crippen LogP contribution in [0, 0.1) is 6.92 Å². The summed E-state index contributed by atoms with van der Waals surface area (Å²) in [5, 5.41) is 18.9. The highest BCUT2D eigenvalue weighted by molar-refractivity contribution is 7.91. The molecule has 0 heterocycles. The van der Waals surface area contributed by atoms with Crippen molar-refractivity contribution in [3.8, 4) is 11.5 Å². The number of benzene rings is 2. The lowest BCUT2D eigenvalue weighted by atomic mass is 10.2. The molecule has 0 aliphatic heterocycles. The van der Waals surface area contributed by atoms with E-state index in [0.717, 1.165) is 6.07 Å². The Labute approximate surface area is 115 Å². The molecule has 0 saturated carbocycles. The fourth-order valence-electron chi connectivity index (χ4n) is 1.73. The van der Waals surface area contributed by atoms with Gasteiger partial charge in [-0.25, -0.2) is 8.42 Å². The maximum Gasteiger partial charge on any atom is 0.208 e. The second-order valence-electron chi connectivity index (χ2n) is 4.04. The molecule has 0 aromatic heterocycles. The average molecular weight is 299 g/mol.